The van der Waals surface area contributed by atoms with E-state index in [9.17, 15) is 10.2 Å². The van der Waals surface area contributed by atoms with Gasteiger partial charge in [0.2, 0.25) is 0 Å². The minimum atomic E-state index is -1.79. The Morgan fingerprint density at radius 1 is 0.667 bits per heavy atom. The van der Waals surface area contributed by atoms with E-state index in [-0.39, 0.29) is 34.5 Å². The maximum Gasteiger partial charge on any atom is 0.192 e. The van der Waals surface area contributed by atoms with Gasteiger partial charge in [-0.25, -0.2) is 0 Å². The molecule has 0 amide bonds. The molecule has 2 saturated heterocycles. The Morgan fingerprint density at radius 2 is 0.967 bits per heavy atom. The molecule has 2 aliphatic heterocycles. The molecule has 30 heavy (non-hydrogen) atoms. The van der Waals surface area contributed by atoms with Crippen molar-refractivity contribution in [2.24, 2.45) is 0 Å². The zero-order valence-corrected chi connectivity index (χ0v) is 22.8. The van der Waals surface area contributed by atoms with E-state index in [1.165, 1.54) is 0 Å². The van der Waals surface area contributed by atoms with Crippen LogP contribution >= 0.6 is 0 Å². The molecule has 2 rings (SSSR count). The van der Waals surface area contributed by atoms with Gasteiger partial charge < -0.3 is 28.5 Å². The van der Waals surface area contributed by atoms with Gasteiger partial charge in [-0.1, -0.05) is 41.5 Å². The Labute approximate surface area is 185 Å². The van der Waals surface area contributed by atoms with E-state index in [0.717, 1.165) is 0 Å². The number of rotatable bonds is 11. The van der Waals surface area contributed by atoms with Crippen LogP contribution < -0.4 is 0 Å². The maximum atomic E-state index is 10.4. The number of aliphatic hydroxyl groups is 2. The summed E-state index contributed by atoms with van der Waals surface area (Å²) in [6.07, 6.45) is -0.741. The van der Waals surface area contributed by atoms with Crippen LogP contribution in [0.1, 0.15) is 54.4 Å². The van der Waals surface area contributed by atoms with Crippen LogP contribution in [0.5, 0.6) is 0 Å². The number of hydrogen-bond acceptors (Lipinski definition) is 6. The molecule has 2 heterocycles. The van der Waals surface area contributed by atoms with E-state index in [2.05, 4.69) is 67.7 Å². The fourth-order valence-corrected chi connectivity index (χ4v) is 4.90. The lowest BCUT2D eigenvalue weighted by molar-refractivity contribution is 0.00207. The molecule has 0 aromatic carbocycles. The van der Waals surface area contributed by atoms with E-state index in [1.54, 1.807) is 0 Å². The molecule has 0 aromatic rings. The average Bonchev–Trinajstić information content (AvgIpc) is 3.47. The molecule has 0 unspecified atom stereocenters. The first-order valence-corrected chi connectivity index (χ1v) is 17.2. The Bertz CT molecular complexity index is 519. The highest BCUT2D eigenvalue weighted by molar-refractivity contribution is 6.74. The quantitative estimate of drug-likeness (QED) is 0.356. The van der Waals surface area contributed by atoms with Gasteiger partial charge in [-0.2, -0.15) is 0 Å². The first kappa shape index (κ1) is 26.4. The van der Waals surface area contributed by atoms with Crippen molar-refractivity contribution in [1.82, 2.24) is 0 Å². The Balaban J connectivity index is 1.64. The summed E-state index contributed by atoms with van der Waals surface area (Å²) in [5.41, 5.74) is 0. The van der Waals surface area contributed by atoms with Crippen LogP contribution in [0.25, 0.3) is 0 Å². The predicted octanol–water partition coefficient (Wildman–Crippen LogP) is 4.07. The zero-order valence-electron chi connectivity index (χ0n) is 20.8. The van der Waals surface area contributed by atoms with Gasteiger partial charge >= 0.3 is 0 Å². The van der Waals surface area contributed by atoms with Gasteiger partial charge in [0.1, 0.15) is 12.2 Å². The van der Waals surface area contributed by atoms with Crippen LogP contribution in [-0.4, -0.2) is 76.7 Å². The zero-order chi connectivity index (χ0) is 23.1. The van der Waals surface area contributed by atoms with E-state index in [4.69, 9.17) is 18.3 Å². The molecule has 2 fully saturated rings. The van der Waals surface area contributed by atoms with Crippen molar-refractivity contribution in [3.63, 3.8) is 0 Å². The van der Waals surface area contributed by atoms with Gasteiger partial charge in [0.15, 0.2) is 16.6 Å². The van der Waals surface area contributed by atoms with Gasteiger partial charge in [0.25, 0.3) is 0 Å². The Hall–Kier alpha value is 0.194. The normalized spacial score (nSPS) is 29.6. The maximum absolute atomic E-state index is 10.4. The molecule has 0 saturated carbocycles. The Kier molecular flexibility index (Phi) is 8.12. The highest BCUT2D eigenvalue weighted by Crippen LogP contribution is 2.39. The smallest absolute Gasteiger partial charge is 0.192 e. The minimum absolute atomic E-state index is 0.0303. The van der Waals surface area contributed by atoms with Gasteiger partial charge in [-0.05, 0) is 36.3 Å². The summed E-state index contributed by atoms with van der Waals surface area (Å²) in [6, 6.07) is 0. The fourth-order valence-electron chi connectivity index (χ4n) is 2.87. The molecular weight excluding hydrogens is 416 g/mol. The fraction of sp³-hybridized carbons (Fsp3) is 1.00. The summed E-state index contributed by atoms with van der Waals surface area (Å²) in [5.74, 6) is 0. The molecule has 178 valence electrons. The van der Waals surface area contributed by atoms with Crippen LogP contribution in [0.2, 0.25) is 36.3 Å². The molecule has 8 heteroatoms. The molecule has 0 radical (unpaired) electrons. The first-order valence-electron chi connectivity index (χ1n) is 11.4. The molecule has 6 atom stereocenters. The van der Waals surface area contributed by atoms with Gasteiger partial charge in [0.05, 0.1) is 37.6 Å². The van der Waals surface area contributed by atoms with Gasteiger partial charge in [-0.15, -0.1) is 0 Å². The molecule has 0 bridgehead atoms. The summed E-state index contributed by atoms with van der Waals surface area (Å²) in [7, 11) is -3.58. The van der Waals surface area contributed by atoms with E-state index >= 15 is 0 Å². The average molecular weight is 463 g/mol. The third-order valence-electron chi connectivity index (χ3n) is 7.60. The number of ether oxygens (including phenoxy) is 2. The van der Waals surface area contributed by atoms with Crippen molar-refractivity contribution < 1.29 is 28.5 Å². The predicted molar refractivity (Wildman–Crippen MR) is 125 cm³/mol. The van der Waals surface area contributed by atoms with Crippen LogP contribution in [0.4, 0.5) is 0 Å². The molecule has 0 aromatic heterocycles. The summed E-state index contributed by atoms with van der Waals surface area (Å²) < 4.78 is 23.7. The molecular formula is C22H46O6Si2. The molecule has 2 aliphatic rings. The summed E-state index contributed by atoms with van der Waals surface area (Å²) in [4.78, 5) is 0. The highest BCUT2D eigenvalue weighted by Gasteiger charge is 2.47. The second kappa shape index (κ2) is 9.21. The third kappa shape index (κ3) is 7.10. The molecule has 0 aliphatic carbocycles. The van der Waals surface area contributed by atoms with Gasteiger partial charge in [-0.3, -0.25) is 0 Å². The van der Waals surface area contributed by atoms with E-state index < -0.39 is 28.8 Å². The second-order valence-electron chi connectivity index (χ2n) is 12.2. The molecule has 6 nitrogen and oxygen atoms in total. The minimum Gasteiger partial charge on any atom is -0.414 e. The largest absolute Gasteiger partial charge is 0.414 e. The van der Waals surface area contributed by atoms with E-state index in [0.29, 0.717) is 26.1 Å². The second-order valence-corrected chi connectivity index (χ2v) is 21.8. The highest BCUT2D eigenvalue weighted by atomic mass is 28.4. The topological polar surface area (TPSA) is 84.0 Å². The third-order valence-corrected chi connectivity index (χ3v) is 16.6. The van der Waals surface area contributed by atoms with Crippen LogP contribution in [-0.2, 0) is 18.3 Å². The van der Waals surface area contributed by atoms with Crippen molar-refractivity contribution in [2.45, 2.75) is 127 Å². The number of hydrogen-bond donors (Lipinski definition) is 2. The van der Waals surface area contributed by atoms with Crippen molar-refractivity contribution in [2.75, 3.05) is 13.2 Å². The Morgan fingerprint density at radius 3 is 1.23 bits per heavy atom. The van der Waals surface area contributed by atoms with Crippen LogP contribution in [0.15, 0.2) is 0 Å². The molecule has 0 spiro atoms. The van der Waals surface area contributed by atoms with Crippen molar-refractivity contribution >= 4 is 16.6 Å². The number of epoxide rings is 2. The summed E-state index contributed by atoms with van der Waals surface area (Å²) >= 11 is 0. The monoisotopic (exact) mass is 462 g/mol. The lowest BCUT2D eigenvalue weighted by Crippen LogP contribution is -2.42. The number of aliphatic hydroxyl groups excluding tert-OH is 2. The van der Waals surface area contributed by atoms with Crippen LogP contribution in [0.3, 0.4) is 0 Å². The lowest BCUT2D eigenvalue weighted by atomic mass is 10.0. The lowest BCUT2D eigenvalue weighted by Gasteiger charge is -2.36. The van der Waals surface area contributed by atoms with Crippen molar-refractivity contribution in [1.29, 1.82) is 0 Å². The summed E-state index contributed by atoms with van der Waals surface area (Å²) in [6.45, 7) is 23.4. The van der Waals surface area contributed by atoms with Crippen molar-refractivity contribution in [3.05, 3.63) is 0 Å². The summed E-state index contributed by atoms with van der Waals surface area (Å²) in [5, 5.41) is 21.1. The van der Waals surface area contributed by atoms with Crippen LogP contribution in [0, 0.1) is 0 Å². The molecule has 2 N–H and O–H groups in total. The van der Waals surface area contributed by atoms with Gasteiger partial charge in [0, 0.05) is 12.8 Å². The first-order chi connectivity index (χ1) is 13.4. The van der Waals surface area contributed by atoms with Crippen molar-refractivity contribution in [3.8, 4) is 0 Å². The SMILES string of the molecule is CC(C)(C)[Si](C)(C)OC[C@H]1O[C@@H]1C[C@@H](O)[C@H](O)C[C@H]1O[C@@H]1CO[Si](C)(C)C(C)(C)C. The standard InChI is InChI=1S/C22H46O6Si2/c1-21(2,3)29(7,8)25-13-19-17(27-19)11-15(23)16(24)12-18-20(28-18)14-26-30(9,10)22(4,5)6/h15-20,23-24H,11-14H2,1-10H3/t15-,16-,17-,18-,19-,20-/m1/s1. The van der Waals surface area contributed by atoms with E-state index in [1.807, 2.05) is 0 Å².